The molecular formula is C26H30ClF3N6O2. The molecule has 1 aromatic carbocycles. The van der Waals surface area contributed by atoms with E-state index in [4.69, 9.17) is 16.3 Å². The van der Waals surface area contributed by atoms with Gasteiger partial charge in [-0.1, -0.05) is 11.6 Å². The number of morpholine rings is 1. The molecule has 1 amide bonds. The Bertz CT molecular complexity index is 1420. The molecule has 0 unspecified atom stereocenters. The van der Waals surface area contributed by atoms with Crippen molar-refractivity contribution in [1.29, 1.82) is 0 Å². The van der Waals surface area contributed by atoms with Crippen LogP contribution >= 0.6 is 11.6 Å². The van der Waals surface area contributed by atoms with E-state index in [2.05, 4.69) is 20.3 Å². The third-order valence-corrected chi connectivity index (χ3v) is 7.00. The molecule has 38 heavy (non-hydrogen) atoms. The monoisotopic (exact) mass is 550 g/mol. The molecule has 1 saturated heterocycles. The number of carbonyl (C=O) groups excluding carboxylic acids is 1. The third-order valence-electron chi connectivity index (χ3n) is 6.78. The summed E-state index contributed by atoms with van der Waals surface area (Å²) >= 11 is 6.40. The van der Waals surface area contributed by atoms with E-state index >= 15 is 0 Å². The number of pyridine rings is 1. The van der Waals surface area contributed by atoms with Crippen LogP contribution in [0.5, 0.6) is 0 Å². The number of ether oxygens (including phenoxy) is 1. The summed E-state index contributed by atoms with van der Waals surface area (Å²) in [7, 11) is 0. The number of hydrogen-bond donors (Lipinski definition) is 2. The summed E-state index contributed by atoms with van der Waals surface area (Å²) in [6.07, 6.45) is -0.984. The van der Waals surface area contributed by atoms with Crippen molar-refractivity contribution in [2.24, 2.45) is 4.99 Å². The van der Waals surface area contributed by atoms with Gasteiger partial charge in [-0.25, -0.2) is 0 Å². The molecule has 0 aliphatic carbocycles. The maximum Gasteiger partial charge on any atom is 0.405 e. The standard InChI is InChI=1S/C26H30ClF3N6O2/c1-24(2)12-36(14-26(28,29)30)21(34-24)10-35-13-25(3,4)38-11-20(35)23(37)33-18-8-15(27)7-17-16-5-6-31-9-19(16)32-22(17)18/h5-9,20,32H,10-14H2,1-4H3,(H,33,37)/t20-/m0/s1. The minimum Gasteiger partial charge on any atom is -0.372 e. The topological polar surface area (TPSA) is 85.9 Å². The minimum atomic E-state index is -4.37. The molecule has 0 bridgehead atoms. The fourth-order valence-electron chi connectivity index (χ4n) is 5.29. The zero-order valence-electron chi connectivity index (χ0n) is 21.6. The van der Waals surface area contributed by atoms with E-state index in [1.54, 1.807) is 32.3 Å². The number of halogens is 4. The van der Waals surface area contributed by atoms with Crippen LogP contribution in [0.4, 0.5) is 18.9 Å². The third kappa shape index (κ3) is 5.60. The number of aliphatic imine (C=N–C) groups is 1. The van der Waals surface area contributed by atoms with Gasteiger partial charge < -0.3 is 19.9 Å². The Morgan fingerprint density at radius 1 is 1.24 bits per heavy atom. The lowest BCUT2D eigenvalue weighted by molar-refractivity contribution is -0.143. The number of fused-ring (bicyclic) bond motifs is 3. The van der Waals surface area contributed by atoms with Crippen LogP contribution in [0.2, 0.25) is 5.02 Å². The molecule has 2 N–H and O–H groups in total. The molecular weight excluding hydrogens is 521 g/mol. The van der Waals surface area contributed by atoms with Gasteiger partial charge in [-0.05, 0) is 45.9 Å². The van der Waals surface area contributed by atoms with Crippen LogP contribution in [0.3, 0.4) is 0 Å². The van der Waals surface area contributed by atoms with Crippen molar-refractivity contribution in [2.75, 3.05) is 38.1 Å². The predicted molar refractivity (Wildman–Crippen MR) is 142 cm³/mol. The maximum atomic E-state index is 13.6. The van der Waals surface area contributed by atoms with E-state index in [0.29, 0.717) is 28.6 Å². The molecule has 4 heterocycles. The van der Waals surface area contributed by atoms with Crippen molar-refractivity contribution in [2.45, 2.75) is 51.1 Å². The molecule has 8 nitrogen and oxygen atoms in total. The average molecular weight is 551 g/mol. The fourth-order valence-corrected chi connectivity index (χ4v) is 5.51. The van der Waals surface area contributed by atoms with E-state index in [-0.39, 0.29) is 25.6 Å². The second-order valence-electron chi connectivity index (χ2n) is 11.2. The molecule has 0 spiro atoms. The van der Waals surface area contributed by atoms with Crippen LogP contribution in [-0.4, -0.2) is 87.7 Å². The Balaban J connectivity index is 1.43. The summed E-state index contributed by atoms with van der Waals surface area (Å²) in [5, 5.41) is 5.19. The molecule has 12 heteroatoms. The number of amidine groups is 1. The second kappa shape index (κ2) is 9.39. The Kier molecular flexibility index (Phi) is 6.60. The highest BCUT2D eigenvalue weighted by Crippen LogP contribution is 2.34. The first-order valence-corrected chi connectivity index (χ1v) is 12.7. The second-order valence-corrected chi connectivity index (χ2v) is 11.7. The van der Waals surface area contributed by atoms with E-state index < -0.39 is 29.9 Å². The van der Waals surface area contributed by atoms with E-state index in [1.165, 1.54) is 4.90 Å². The van der Waals surface area contributed by atoms with Crippen molar-refractivity contribution < 1.29 is 22.7 Å². The van der Waals surface area contributed by atoms with Gasteiger partial charge in [-0.15, -0.1) is 0 Å². The van der Waals surface area contributed by atoms with Crippen molar-refractivity contribution in [1.82, 2.24) is 19.8 Å². The minimum absolute atomic E-state index is 0.0785. The van der Waals surface area contributed by atoms with E-state index in [9.17, 15) is 18.0 Å². The predicted octanol–water partition coefficient (Wildman–Crippen LogP) is 4.84. The van der Waals surface area contributed by atoms with Crippen LogP contribution in [0.1, 0.15) is 27.7 Å². The number of nitrogens with zero attached hydrogens (tertiary/aromatic N) is 4. The molecule has 1 atom stereocenters. The first kappa shape index (κ1) is 26.7. The number of hydrogen-bond acceptors (Lipinski definition) is 6. The van der Waals surface area contributed by atoms with Crippen molar-refractivity contribution >= 4 is 50.8 Å². The zero-order valence-corrected chi connectivity index (χ0v) is 22.4. The number of benzene rings is 1. The smallest absolute Gasteiger partial charge is 0.372 e. The lowest BCUT2D eigenvalue weighted by Gasteiger charge is -2.43. The van der Waals surface area contributed by atoms with Gasteiger partial charge in [0.1, 0.15) is 18.4 Å². The lowest BCUT2D eigenvalue weighted by Crippen LogP contribution is -2.60. The van der Waals surface area contributed by atoms with E-state index in [1.807, 2.05) is 30.9 Å². The number of rotatable bonds is 5. The highest BCUT2D eigenvalue weighted by atomic mass is 35.5. The number of amides is 1. The van der Waals surface area contributed by atoms with Gasteiger partial charge in [0.2, 0.25) is 5.91 Å². The first-order chi connectivity index (χ1) is 17.7. The maximum absolute atomic E-state index is 13.6. The molecule has 5 rings (SSSR count). The summed E-state index contributed by atoms with van der Waals surface area (Å²) in [5.74, 6) is -0.0304. The molecule has 3 aromatic rings. The van der Waals surface area contributed by atoms with Crippen LogP contribution in [-0.2, 0) is 9.53 Å². The number of aromatic nitrogens is 2. The number of anilines is 1. The number of carbonyl (C=O) groups is 1. The first-order valence-electron chi connectivity index (χ1n) is 12.3. The summed E-state index contributed by atoms with van der Waals surface area (Å²) in [5.41, 5.74) is 0.755. The Morgan fingerprint density at radius 3 is 2.74 bits per heavy atom. The normalized spacial score (nSPS) is 21.7. The number of aromatic amines is 1. The van der Waals surface area contributed by atoms with Crippen molar-refractivity contribution in [3.63, 3.8) is 0 Å². The van der Waals surface area contributed by atoms with Crippen LogP contribution < -0.4 is 5.32 Å². The van der Waals surface area contributed by atoms with Gasteiger partial charge in [0.05, 0.1) is 47.2 Å². The van der Waals surface area contributed by atoms with Gasteiger partial charge in [-0.3, -0.25) is 19.7 Å². The molecule has 2 aliphatic heterocycles. The molecule has 204 valence electrons. The number of H-pyrrole nitrogens is 1. The average Bonchev–Trinajstić information content (AvgIpc) is 3.28. The van der Waals surface area contributed by atoms with Gasteiger partial charge in [0.25, 0.3) is 0 Å². The quantitative estimate of drug-likeness (QED) is 0.475. The SMILES string of the molecule is CC1(C)CN(CC(F)(F)F)C(CN2CC(C)(C)OC[C@H]2C(=O)Nc2cc(Cl)cc3c2[nH]c2cnccc23)=N1. The Labute approximate surface area is 223 Å². The molecule has 0 radical (unpaired) electrons. The summed E-state index contributed by atoms with van der Waals surface area (Å²) in [4.78, 5) is 28.8. The van der Waals surface area contributed by atoms with Gasteiger partial charge in [0.15, 0.2) is 0 Å². The zero-order chi connectivity index (χ0) is 27.5. The van der Waals surface area contributed by atoms with Gasteiger partial charge in [-0.2, -0.15) is 13.2 Å². The molecule has 2 aliphatic rings. The van der Waals surface area contributed by atoms with Crippen LogP contribution in [0, 0.1) is 0 Å². The van der Waals surface area contributed by atoms with Crippen molar-refractivity contribution in [3.8, 4) is 0 Å². The van der Waals surface area contributed by atoms with Gasteiger partial charge >= 0.3 is 6.18 Å². The highest BCUT2D eigenvalue weighted by molar-refractivity contribution is 6.33. The van der Waals surface area contributed by atoms with E-state index in [0.717, 1.165) is 16.3 Å². The summed E-state index contributed by atoms with van der Waals surface area (Å²) in [6.45, 7) is 6.96. The number of nitrogens with one attached hydrogen (secondary N) is 2. The highest BCUT2D eigenvalue weighted by Gasteiger charge is 2.43. The molecule has 2 aromatic heterocycles. The van der Waals surface area contributed by atoms with Crippen LogP contribution in [0.15, 0.2) is 35.6 Å². The van der Waals surface area contributed by atoms with Gasteiger partial charge in [0, 0.05) is 35.1 Å². The Morgan fingerprint density at radius 2 is 2.00 bits per heavy atom. The molecule has 1 fully saturated rings. The van der Waals surface area contributed by atoms with Crippen LogP contribution in [0.25, 0.3) is 21.8 Å². The largest absolute Gasteiger partial charge is 0.405 e. The summed E-state index contributed by atoms with van der Waals surface area (Å²) in [6, 6.07) is 4.60. The molecule has 0 saturated carbocycles. The fraction of sp³-hybridized carbons (Fsp3) is 0.500. The van der Waals surface area contributed by atoms with Crippen molar-refractivity contribution in [3.05, 3.63) is 35.6 Å². The summed E-state index contributed by atoms with van der Waals surface area (Å²) < 4.78 is 45.9. The Hall–Kier alpha value is -2.89. The lowest BCUT2D eigenvalue weighted by atomic mass is 10.0. The number of alkyl halides is 3.